The molecule has 0 rings (SSSR count). The summed E-state index contributed by atoms with van der Waals surface area (Å²) in [5.41, 5.74) is 0. The predicted molar refractivity (Wildman–Crippen MR) is 68.4 cm³/mol. The third kappa shape index (κ3) is 18.1. The minimum atomic E-state index is -0.445. The van der Waals surface area contributed by atoms with Crippen molar-refractivity contribution in [1.29, 1.82) is 0 Å². The summed E-state index contributed by atoms with van der Waals surface area (Å²) < 4.78 is 9.91. The molecule has 0 aromatic rings. The van der Waals surface area contributed by atoms with Gasteiger partial charge in [0.25, 0.3) is 0 Å². The van der Waals surface area contributed by atoms with Gasteiger partial charge in [-0.3, -0.25) is 0 Å². The van der Waals surface area contributed by atoms with E-state index in [1.807, 2.05) is 0 Å². The lowest BCUT2D eigenvalue weighted by molar-refractivity contribution is -0.0177. The molecule has 0 spiro atoms. The molecular weight excluding hydrogens is 240 g/mol. The van der Waals surface area contributed by atoms with E-state index in [1.54, 1.807) is 27.7 Å². The van der Waals surface area contributed by atoms with Crippen molar-refractivity contribution in [2.45, 2.75) is 52.1 Å². The fourth-order valence-electron chi connectivity index (χ4n) is 0.712. The Bertz CT molecular complexity index is 145. The quantitative estimate of drug-likeness (QED) is 0.475. The average Bonchev–Trinajstić information content (AvgIpc) is 2.33. The first kappa shape index (κ1) is 20.1. The molecule has 4 unspecified atom stereocenters. The van der Waals surface area contributed by atoms with E-state index < -0.39 is 12.2 Å². The third-order valence-corrected chi connectivity index (χ3v) is 1.76. The predicted octanol–water partition coefficient (Wildman–Crippen LogP) is -0.471. The molecule has 112 valence electrons. The fraction of sp³-hybridized carbons (Fsp3) is 1.00. The number of hydrogen-bond donors (Lipinski definition) is 4. The molecule has 6 nitrogen and oxygen atoms in total. The minimum absolute atomic E-state index is 0.00667. The van der Waals surface area contributed by atoms with Crippen molar-refractivity contribution in [3.63, 3.8) is 0 Å². The maximum absolute atomic E-state index is 8.69. The van der Waals surface area contributed by atoms with Gasteiger partial charge >= 0.3 is 0 Å². The monoisotopic (exact) mass is 268 g/mol. The van der Waals surface area contributed by atoms with E-state index in [1.165, 1.54) is 0 Å². The lowest BCUT2D eigenvalue weighted by Crippen LogP contribution is -2.19. The Morgan fingerprint density at radius 3 is 1.17 bits per heavy atom. The molecule has 4 N–H and O–H groups in total. The highest BCUT2D eigenvalue weighted by Gasteiger charge is 2.01. The van der Waals surface area contributed by atoms with Crippen LogP contribution in [0.4, 0.5) is 0 Å². The SMILES string of the molecule is CC(O)COC(C)CO.CC(O)COC(C)CO. The Labute approximate surface area is 109 Å². The van der Waals surface area contributed by atoms with Crippen molar-refractivity contribution in [3.8, 4) is 0 Å². The molecule has 0 bridgehead atoms. The molecule has 0 fully saturated rings. The van der Waals surface area contributed by atoms with E-state index in [9.17, 15) is 0 Å². The normalized spacial score (nSPS) is 17.3. The van der Waals surface area contributed by atoms with Crippen LogP contribution in [-0.2, 0) is 9.47 Å². The molecule has 6 heteroatoms. The summed E-state index contributed by atoms with van der Waals surface area (Å²) >= 11 is 0. The zero-order valence-electron chi connectivity index (χ0n) is 11.7. The number of ether oxygens (including phenoxy) is 2. The smallest absolute Gasteiger partial charge is 0.0779 e. The van der Waals surface area contributed by atoms with Crippen LogP contribution in [0.5, 0.6) is 0 Å². The molecule has 18 heavy (non-hydrogen) atoms. The summed E-state index contributed by atoms with van der Waals surface area (Å²) in [5, 5.41) is 34.3. The molecule has 0 aromatic carbocycles. The van der Waals surface area contributed by atoms with Crippen LogP contribution in [0, 0.1) is 0 Å². The lowest BCUT2D eigenvalue weighted by Gasteiger charge is -2.10. The zero-order valence-corrected chi connectivity index (χ0v) is 11.7. The van der Waals surface area contributed by atoms with Crippen molar-refractivity contribution in [2.24, 2.45) is 0 Å². The van der Waals surface area contributed by atoms with Crippen LogP contribution < -0.4 is 0 Å². The van der Waals surface area contributed by atoms with Crippen molar-refractivity contribution < 1.29 is 29.9 Å². The standard InChI is InChI=1S/2C6H14O3/c2*1-5(8)4-9-6(2)3-7/h2*5-8H,3-4H2,1-2H3. The Morgan fingerprint density at radius 2 is 1.00 bits per heavy atom. The van der Waals surface area contributed by atoms with Gasteiger partial charge in [0.2, 0.25) is 0 Å². The second-order valence-electron chi connectivity index (χ2n) is 4.35. The Balaban J connectivity index is 0. The highest BCUT2D eigenvalue weighted by atomic mass is 16.5. The van der Waals surface area contributed by atoms with Crippen molar-refractivity contribution in [3.05, 3.63) is 0 Å². The molecule has 0 saturated heterocycles. The fourth-order valence-corrected chi connectivity index (χ4v) is 0.712. The maximum Gasteiger partial charge on any atom is 0.0779 e. The van der Waals surface area contributed by atoms with Gasteiger partial charge in [-0.15, -0.1) is 0 Å². The van der Waals surface area contributed by atoms with E-state index in [4.69, 9.17) is 29.9 Å². The van der Waals surface area contributed by atoms with Gasteiger partial charge in [-0.05, 0) is 27.7 Å². The van der Waals surface area contributed by atoms with E-state index in [-0.39, 0.29) is 25.4 Å². The van der Waals surface area contributed by atoms with Gasteiger partial charge in [0.15, 0.2) is 0 Å². The molecule has 0 aliphatic rings. The third-order valence-electron chi connectivity index (χ3n) is 1.76. The van der Waals surface area contributed by atoms with Gasteiger partial charge in [-0.2, -0.15) is 0 Å². The van der Waals surface area contributed by atoms with Gasteiger partial charge in [-0.25, -0.2) is 0 Å². The Morgan fingerprint density at radius 1 is 0.722 bits per heavy atom. The van der Waals surface area contributed by atoms with Gasteiger partial charge < -0.3 is 29.9 Å². The van der Waals surface area contributed by atoms with Crippen molar-refractivity contribution in [2.75, 3.05) is 26.4 Å². The maximum atomic E-state index is 8.69. The summed E-state index contributed by atoms with van der Waals surface area (Å²) in [6, 6.07) is 0. The van der Waals surface area contributed by atoms with Crippen molar-refractivity contribution in [1.82, 2.24) is 0 Å². The second-order valence-corrected chi connectivity index (χ2v) is 4.35. The molecule has 0 saturated carbocycles. The van der Waals surface area contributed by atoms with Gasteiger partial charge in [0.05, 0.1) is 50.8 Å². The molecule has 0 heterocycles. The number of hydrogen-bond acceptors (Lipinski definition) is 6. The van der Waals surface area contributed by atoms with E-state index in [2.05, 4.69) is 0 Å². The summed E-state index contributed by atoms with van der Waals surface area (Å²) in [6.45, 7) is 7.39. The first-order chi connectivity index (χ1) is 8.33. The Hall–Kier alpha value is -0.240. The van der Waals surface area contributed by atoms with Crippen LogP contribution in [0.3, 0.4) is 0 Å². The van der Waals surface area contributed by atoms with Crippen LogP contribution in [0.15, 0.2) is 0 Å². The van der Waals surface area contributed by atoms with E-state index in [0.717, 1.165) is 0 Å². The van der Waals surface area contributed by atoms with E-state index in [0.29, 0.717) is 13.2 Å². The van der Waals surface area contributed by atoms with Gasteiger partial charge in [-0.1, -0.05) is 0 Å². The number of aliphatic hydroxyl groups is 4. The summed E-state index contributed by atoms with van der Waals surface area (Å²) in [4.78, 5) is 0. The number of aliphatic hydroxyl groups excluding tert-OH is 4. The summed E-state index contributed by atoms with van der Waals surface area (Å²) in [6.07, 6.45) is -1.22. The molecule has 0 aromatic heterocycles. The topological polar surface area (TPSA) is 99.4 Å². The molecule has 0 aliphatic carbocycles. The van der Waals surface area contributed by atoms with Crippen molar-refractivity contribution >= 4 is 0 Å². The molecule has 0 amide bonds. The summed E-state index contributed by atoms with van der Waals surface area (Å²) in [5.74, 6) is 0. The lowest BCUT2D eigenvalue weighted by atomic mass is 10.4. The van der Waals surface area contributed by atoms with Crippen LogP contribution in [0.1, 0.15) is 27.7 Å². The highest BCUT2D eigenvalue weighted by molar-refractivity contribution is 4.48. The first-order valence-electron chi connectivity index (χ1n) is 6.14. The average molecular weight is 268 g/mol. The van der Waals surface area contributed by atoms with Crippen LogP contribution in [0.25, 0.3) is 0 Å². The minimum Gasteiger partial charge on any atom is -0.394 e. The Kier molecular flexibility index (Phi) is 14.7. The summed E-state index contributed by atoms with van der Waals surface area (Å²) in [7, 11) is 0. The van der Waals surface area contributed by atoms with Gasteiger partial charge in [0.1, 0.15) is 0 Å². The largest absolute Gasteiger partial charge is 0.394 e. The molecular formula is C12H28O6. The van der Waals surface area contributed by atoms with Crippen LogP contribution >= 0.6 is 0 Å². The van der Waals surface area contributed by atoms with Crippen LogP contribution in [-0.4, -0.2) is 71.3 Å². The molecule has 4 atom stereocenters. The van der Waals surface area contributed by atoms with E-state index >= 15 is 0 Å². The van der Waals surface area contributed by atoms with Crippen LogP contribution in [0.2, 0.25) is 0 Å². The highest BCUT2D eigenvalue weighted by Crippen LogP contribution is 1.90. The number of rotatable bonds is 8. The zero-order chi connectivity index (χ0) is 14.6. The molecule has 0 aliphatic heterocycles. The first-order valence-corrected chi connectivity index (χ1v) is 6.14. The molecule has 0 radical (unpaired) electrons. The van der Waals surface area contributed by atoms with Gasteiger partial charge in [0, 0.05) is 0 Å². The second kappa shape index (κ2) is 13.2.